The zero-order valence-corrected chi connectivity index (χ0v) is 12.8. The van der Waals surface area contributed by atoms with E-state index in [-0.39, 0.29) is 6.04 Å². The highest BCUT2D eigenvalue weighted by molar-refractivity contribution is 5.97. The van der Waals surface area contributed by atoms with Crippen LogP contribution in [0.2, 0.25) is 0 Å². The van der Waals surface area contributed by atoms with E-state index >= 15 is 0 Å². The number of nitrogens with zero attached hydrogens (tertiary/aromatic N) is 2. The molecular weight excluding hydrogens is 278 g/mol. The van der Waals surface area contributed by atoms with Gasteiger partial charge < -0.3 is 16.4 Å². The van der Waals surface area contributed by atoms with Gasteiger partial charge in [0, 0.05) is 17.9 Å². The van der Waals surface area contributed by atoms with Gasteiger partial charge in [-0.1, -0.05) is 26.0 Å². The molecule has 1 aromatic heterocycles. The molecule has 0 aliphatic carbocycles. The van der Waals surface area contributed by atoms with Gasteiger partial charge in [0.05, 0.1) is 5.56 Å². The number of benzene rings is 1. The van der Waals surface area contributed by atoms with Gasteiger partial charge in [-0.3, -0.25) is 4.79 Å². The minimum Gasteiger partial charge on any atom is -0.367 e. The lowest BCUT2D eigenvalue weighted by Crippen LogP contribution is -2.23. The number of rotatable bonds is 7. The molecule has 0 fully saturated rings. The molecule has 22 heavy (non-hydrogen) atoms. The van der Waals surface area contributed by atoms with Crippen molar-refractivity contribution in [1.82, 2.24) is 9.97 Å². The maximum atomic E-state index is 11.5. The number of anilines is 3. The second-order valence-corrected chi connectivity index (χ2v) is 4.89. The Hall–Kier alpha value is -2.63. The van der Waals surface area contributed by atoms with Crippen molar-refractivity contribution in [2.45, 2.75) is 32.7 Å². The monoisotopic (exact) mass is 298 g/mol. The van der Waals surface area contributed by atoms with Gasteiger partial charge in [-0.05, 0) is 31.0 Å². The van der Waals surface area contributed by atoms with E-state index in [4.69, 9.17) is 5.73 Å². The first-order valence-electron chi connectivity index (χ1n) is 7.30. The number of primary amides is 1. The van der Waals surface area contributed by atoms with Gasteiger partial charge in [-0.2, -0.15) is 4.98 Å². The third-order valence-electron chi connectivity index (χ3n) is 3.36. The molecule has 2 aromatic rings. The first-order chi connectivity index (χ1) is 10.6. The van der Waals surface area contributed by atoms with Crippen LogP contribution in [0.4, 0.5) is 17.5 Å². The Balaban J connectivity index is 2.28. The van der Waals surface area contributed by atoms with E-state index < -0.39 is 5.91 Å². The van der Waals surface area contributed by atoms with Crippen molar-refractivity contribution >= 4 is 23.4 Å². The second kappa shape index (κ2) is 7.40. The summed E-state index contributed by atoms with van der Waals surface area (Å²) in [6.07, 6.45) is 3.30. The molecule has 0 aliphatic rings. The summed E-state index contributed by atoms with van der Waals surface area (Å²) in [5.74, 6) is 0.320. The van der Waals surface area contributed by atoms with Crippen LogP contribution in [0, 0.1) is 6.07 Å². The lowest BCUT2D eigenvalue weighted by Gasteiger charge is -2.17. The Bertz CT molecular complexity index is 626. The maximum absolute atomic E-state index is 11.5. The van der Waals surface area contributed by atoms with Crippen LogP contribution in [0.1, 0.15) is 37.0 Å². The summed E-state index contributed by atoms with van der Waals surface area (Å²) in [5, 5.41) is 6.34. The molecule has 0 atom stereocenters. The largest absolute Gasteiger partial charge is 0.367 e. The minimum absolute atomic E-state index is 0.229. The summed E-state index contributed by atoms with van der Waals surface area (Å²) in [5.41, 5.74) is 6.53. The molecule has 0 bridgehead atoms. The minimum atomic E-state index is -0.547. The fourth-order valence-electron chi connectivity index (χ4n) is 2.02. The van der Waals surface area contributed by atoms with Crippen LogP contribution in [-0.4, -0.2) is 21.9 Å². The number of hydrogen-bond donors (Lipinski definition) is 3. The molecule has 0 spiro atoms. The highest BCUT2D eigenvalue weighted by Gasteiger charge is 2.14. The quantitative estimate of drug-likeness (QED) is 0.731. The summed E-state index contributed by atoms with van der Waals surface area (Å²) < 4.78 is 0. The normalized spacial score (nSPS) is 10.5. The van der Waals surface area contributed by atoms with Crippen LogP contribution in [0.25, 0.3) is 0 Å². The zero-order chi connectivity index (χ0) is 15.9. The summed E-state index contributed by atoms with van der Waals surface area (Å²) in [6, 6.07) is 10.5. The van der Waals surface area contributed by atoms with Gasteiger partial charge in [0.2, 0.25) is 5.95 Å². The molecule has 0 saturated heterocycles. The molecule has 115 valence electrons. The first-order valence-corrected chi connectivity index (χ1v) is 7.30. The van der Waals surface area contributed by atoms with Crippen LogP contribution in [0.5, 0.6) is 0 Å². The molecule has 4 N–H and O–H groups in total. The number of aromatic nitrogens is 2. The van der Waals surface area contributed by atoms with E-state index in [9.17, 15) is 4.79 Å². The fraction of sp³-hybridized carbons (Fsp3) is 0.312. The average Bonchev–Trinajstić information content (AvgIpc) is 2.53. The van der Waals surface area contributed by atoms with Gasteiger partial charge in [-0.15, -0.1) is 0 Å². The van der Waals surface area contributed by atoms with E-state index in [1.54, 1.807) is 12.1 Å². The standard InChI is InChI=1S/C16H20N5O/c1-3-11(4-2)19-15-13(14(17)22)10-18-16(21-15)20-12-8-6-5-7-9-12/h6-11H,3-4H2,1-2H3,(H2,17,22)(H2,18,19,20,21). The molecule has 1 radical (unpaired) electrons. The highest BCUT2D eigenvalue weighted by atomic mass is 16.1. The highest BCUT2D eigenvalue weighted by Crippen LogP contribution is 2.19. The van der Waals surface area contributed by atoms with Crippen molar-refractivity contribution in [3.63, 3.8) is 0 Å². The number of hydrogen-bond acceptors (Lipinski definition) is 5. The van der Waals surface area contributed by atoms with Crippen molar-refractivity contribution in [2.75, 3.05) is 10.6 Å². The predicted molar refractivity (Wildman–Crippen MR) is 87.1 cm³/mol. The third-order valence-corrected chi connectivity index (χ3v) is 3.36. The summed E-state index contributed by atoms with van der Waals surface area (Å²) in [6.45, 7) is 4.15. The number of nitrogens with two attached hydrogens (primary N) is 1. The average molecular weight is 298 g/mol. The smallest absolute Gasteiger partial charge is 0.254 e. The lowest BCUT2D eigenvalue weighted by atomic mass is 10.1. The molecule has 0 unspecified atom stereocenters. The molecule has 6 heteroatoms. The Labute approximate surface area is 130 Å². The topological polar surface area (TPSA) is 92.9 Å². The fourth-order valence-corrected chi connectivity index (χ4v) is 2.02. The number of carbonyl (C=O) groups excluding carboxylic acids is 1. The van der Waals surface area contributed by atoms with Crippen molar-refractivity contribution in [3.8, 4) is 0 Å². The second-order valence-electron chi connectivity index (χ2n) is 4.89. The first kappa shape index (κ1) is 15.8. The third kappa shape index (κ3) is 3.94. The van der Waals surface area contributed by atoms with Gasteiger partial charge in [-0.25, -0.2) is 4.98 Å². The Morgan fingerprint density at radius 2 is 2.00 bits per heavy atom. The Morgan fingerprint density at radius 1 is 1.32 bits per heavy atom. The number of nitrogens with one attached hydrogen (secondary N) is 2. The molecular formula is C16H20N5O. The molecule has 1 aromatic carbocycles. The molecule has 1 heterocycles. The van der Waals surface area contributed by atoms with Crippen LogP contribution in [-0.2, 0) is 0 Å². The van der Waals surface area contributed by atoms with Gasteiger partial charge in [0.15, 0.2) is 0 Å². The van der Waals surface area contributed by atoms with E-state index in [2.05, 4.69) is 40.5 Å². The van der Waals surface area contributed by atoms with E-state index in [0.29, 0.717) is 17.3 Å². The molecule has 6 nitrogen and oxygen atoms in total. The van der Waals surface area contributed by atoms with E-state index in [0.717, 1.165) is 18.5 Å². The van der Waals surface area contributed by atoms with Crippen LogP contribution < -0.4 is 16.4 Å². The van der Waals surface area contributed by atoms with E-state index in [1.807, 2.05) is 12.1 Å². The maximum Gasteiger partial charge on any atom is 0.254 e. The Morgan fingerprint density at radius 3 is 2.59 bits per heavy atom. The predicted octanol–water partition coefficient (Wildman–Crippen LogP) is 2.72. The van der Waals surface area contributed by atoms with Crippen LogP contribution in [0.3, 0.4) is 0 Å². The molecule has 2 rings (SSSR count). The summed E-state index contributed by atoms with van der Waals surface area (Å²) in [4.78, 5) is 20.0. The SMILES string of the molecule is CCC(CC)Nc1nc(Nc2cc[c]cc2)ncc1C(N)=O. The van der Waals surface area contributed by atoms with Gasteiger partial charge >= 0.3 is 0 Å². The molecule has 0 saturated carbocycles. The molecule has 0 aliphatic heterocycles. The van der Waals surface area contributed by atoms with E-state index in [1.165, 1.54) is 6.20 Å². The number of amides is 1. The lowest BCUT2D eigenvalue weighted by molar-refractivity contribution is 0.100. The van der Waals surface area contributed by atoms with Crippen LogP contribution in [0.15, 0.2) is 30.5 Å². The summed E-state index contributed by atoms with van der Waals surface area (Å²) in [7, 11) is 0. The zero-order valence-electron chi connectivity index (χ0n) is 12.8. The van der Waals surface area contributed by atoms with Crippen molar-refractivity contribution in [3.05, 3.63) is 42.1 Å². The summed E-state index contributed by atoms with van der Waals surface area (Å²) >= 11 is 0. The van der Waals surface area contributed by atoms with Crippen molar-refractivity contribution in [2.24, 2.45) is 5.73 Å². The molecule has 1 amide bonds. The van der Waals surface area contributed by atoms with Crippen molar-refractivity contribution < 1.29 is 4.79 Å². The Kier molecular flexibility index (Phi) is 5.30. The van der Waals surface area contributed by atoms with Gasteiger partial charge in [0.1, 0.15) is 5.82 Å². The van der Waals surface area contributed by atoms with Crippen LogP contribution >= 0.6 is 0 Å². The van der Waals surface area contributed by atoms with Gasteiger partial charge in [0.25, 0.3) is 5.91 Å². The number of carbonyl (C=O) groups is 1. The van der Waals surface area contributed by atoms with Crippen molar-refractivity contribution in [1.29, 1.82) is 0 Å².